The average Bonchev–Trinajstić information content (AvgIpc) is 3.44. The second kappa shape index (κ2) is 18.9. The van der Waals surface area contributed by atoms with E-state index in [0.717, 1.165) is 63.8 Å². The molecule has 0 bridgehead atoms. The molecule has 11 aromatic rings. The number of anilines is 8. The Bertz CT molecular complexity index is 3510. The number of para-hydroxylation sites is 2. The number of rotatable bonds is 11. The lowest BCUT2D eigenvalue weighted by Crippen LogP contribution is -2.41. The molecule has 330 valence electrons. The summed E-state index contributed by atoms with van der Waals surface area (Å²) in [7, 11) is 0.741. The van der Waals surface area contributed by atoms with Crippen molar-refractivity contribution in [2.75, 3.05) is 15.1 Å². The van der Waals surface area contributed by atoms with E-state index in [1.165, 1.54) is 55.6 Å². The first-order chi connectivity index (χ1) is 34.7. The molecule has 0 aromatic heterocycles. The van der Waals surface area contributed by atoms with Crippen LogP contribution in [0.3, 0.4) is 0 Å². The third-order valence-electron chi connectivity index (χ3n) is 13.5. The molecule has 0 saturated carbocycles. The van der Waals surface area contributed by atoms with Crippen molar-refractivity contribution >= 4 is 63.7 Å². The molecular formula is C66H48BN3. The number of benzene rings is 11. The molecule has 1 heterocycles. The Balaban J connectivity index is 1.09. The number of nitrogens with zero attached hydrogens (tertiary/aromatic N) is 2. The molecule has 0 spiro atoms. The largest absolute Gasteiger partial charge is 0.355 e. The van der Waals surface area contributed by atoms with Gasteiger partial charge in [0.15, 0.2) is 7.28 Å². The molecule has 4 heteroatoms. The Morgan fingerprint density at radius 2 is 0.771 bits per heavy atom. The van der Waals surface area contributed by atoms with Gasteiger partial charge in [-0.05, 0) is 140 Å². The maximum Gasteiger partial charge on any atom is 0.198 e. The van der Waals surface area contributed by atoms with Crippen molar-refractivity contribution in [3.05, 3.63) is 279 Å². The molecule has 0 amide bonds. The Kier molecular flexibility index (Phi) is 11.4. The number of nitrogens with one attached hydrogen (secondary N) is 1. The summed E-state index contributed by atoms with van der Waals surface area (Å²) >= 11 is 0. The van der Waals surface area contributed by atoms with E-state index in [1.807, 2.05) is 0 Å². The SMILES string of the molecule is B1c2cc(-c3ccccc3)ccc2N(c2ccc(-c3ccccc3)cc2)c2cc(-c3ccccc3)cc(-c3cc(N(c4ccccc4)c4ccccc4)ccc3Nc3ccc(-c4ccccc4)cc3)c21. The number of hydrogen-bond donors (Lipinski definition) is 1. The molecule has 0 fully saturated rings. The van der Waals surface area contributed by atoms with Crippen LogP contribution >= 0.6 is 0 Å². The van der Waals surface area contributed by atoms with Crippen LogP contribution < -0.4 is 26.0 Å². The first kappa shape index (κ1) is 42.3. The Morgan fingerprint density at radius 1 is 0.314 bits per heavy atom. The zero-order valence-electron chi connectivity index (χ0n) is 38.7. The van der Waals surface area contributed by atoms with Gasteiger partial charge in [0.1, 0.15) is 0 Å². The summed E-state index contributed by atoms with van der Waals surface area (Å²) in [4.78, 5) is 4.85. The van der Waals surface area contributed by atoms with Crippen molar-refractivity contribution in [3.63, 3.8) is 0 Å². The molecule has 1 N–H and O–H groups in total. The minimum Gasteiger partial charge on any atom is -0.355 e. The fourth-order valence-electron chi connectivity index (χ4n) is 10.0. The summed E-state index contributed by atoms with van der Waals surface area (Å²) in [5, 5.41) is 3.94. The quantitative estimate of drug-likeness (QED) is 0.131. The molecule has 12 rings (SSSR count). The Labute approximate surface area is 411 Å². The van der Waals surface area contributed by atoms with Crippen molar-refractivity contribution < 1.29 is 0 Å². The zero-order valence-corrected chi connectivity index (χ0v) is 38.7. The summed E-state index contributed by atoms with van der Waals surface area (Å²) in [6.45, 7) is 0. The van der Waals surface area contributed by atoms with Crippen molar-refractivity contribution in [1.29, 1.82) is 0 Å². The second-order valence-corrected chi connectivity index (χ2v) is 17.8. The van der Waals surface area contributed by atoms with Gasteiger partial charge in [0.05, 0.1) is 0 Å². The molecule has 3 nitrogen and oxygen atoms in total. The van der Waals surface area contributed by atoms with E-state index in [-0.39, 0.29) is 0 Å². The second-order valence-electron chi connectivity index (χ2n) is 17.8. The summed E-state index contributed by atoms with van der Waals surface area (Å²) < 4.78 is 0. The third-order valence-corrected chi connectivity index (χ3v) is 13.5. The first-order valence-electron chi connectivity index (χ1n) is 24.0. The van der Waals surface area contributed by atoms with Crippen LogP contribution in [0.2, 0.25) is 0 Å². The van der Waals surface area contributed by atoms with Crippen LogP contribution in [-0.2, 0) is 0 Å². The minimum absolute atomic E-state index is 0.741. The van der Waals surface area contributed by atoms with Crippen molar-refractivity contribution in [2.24, 2.45) is 0 Å². The normalized spacial score (nSPS) is 11.5. The highest BCUT2D eigenvalue weighted by molar-refractivity contribution is 6.73. The highest BCUT2D eigenvalue weighted by Gasteiger charge is 2.30. The van der Waals surface area contributed by atoms with Gasteiger partial charge in [-0.1, -0.05) is 200 Å². The smallest absolute Gasteiger partial charge is 0.198 e. The van der Waals surface area contributed by atoms with Crippen LogP contribution in [0.15, 0.2) is 279 Å². The van der Waals surface area contributed by atoms with Gasteiger partial charge in [-0.25, -0.2) is 0 Å². The fraction of sp³-hybridized carbons (Fsp3) is 0. The van der Waals surface area contributed by atoms with Crippen LogP contribution in [0.4, 0.5) is 45.5 Å². The highest BCUT2D eigenvalue weighted by atomic mass is 15.2. The van der Waals surface area contributed by atoms with Crippen LogP contribution in [-0.4, -0.2) is 7.28 Å². The van der Waals surface area contributed by atoms with E-state index < -0.39 is 0 Å². The van der Waals surface area contributed by atoms with E-state index in [0.29, 0.717) is 0 Å². The predicted octanol–water partition coefficient (Wildman–Crippen LogP) is 16.4. The molecular weight excluding hydrogens is 846 g/mol. The van der Waals surface area contributed by atoms with Crippen LogP contribution in [0, 0.1) is 0 Å². The molecule has 0 atom stereocenters. The fourth-order valence-corrected chi connectivity index (χ4v) is 10.0. The minimum atomic E-state index is 0.741. The maximum absolute atomic E-state index is 3.94. The summed E-state index contributed by atoms with van der Waals surface area (Å²) in [6.07, 6.45) is 0. The number of fused-ring (bicyclic) bond motifs is 2. The molecule has 70 heavy (non-hydrogen) atoms. The van der Waals surface area contributed by atoms with Gasteiger partial charge in [0.2, 0.25) is 0 Å². The van der Waals surface area contributed by atoms with E-state index in [2.05, 4.69) is 294 Å². The highest BCUT2D eigenvalue weighted by Crippen LogP contribution is 2.45. The maximum atomic E-state index is 3.94. The summed E-state index contributed by atoms with van der Waals surface area (Å²) in [6, 6.07) is 101. The lowest BCUT2D eigenvalue weighted by molar-refractivity contribution is 1.28. The molecule has 0 radical (unpaired) electrons. The van der Waals surface area contributed by atoms with Crippen LogP contribution in [0.5, 0.6) is 0 Å². The lowest BCUT2D eigenvalue weighted by Gasteiger charge is -2.36. The van der Waals surface area contributed by atoms with Gasteiger partial charge in [0, 0.05) is 51.1 Å². The molecule has 1 aliphatic rings. The topological polar surface area (TPSA) is 18.5 Å². The van der Waals surface area contributed by atoms with Gasteiger partial charge in [-0.3, -0.25) is 0 Å². The third kappa shape index (κ3) is 8.44. The van der Waals surface area contributed by atoms with Gasteiger partial charge < -0.3 is 15.1 Å². The summed E-state index contributed by atoms with van der Waals surface area (Å²) in [5.41, 5.74) is 23.0. The monoisotopic (exact) mass is 893 g/mol. The van der Waals surface area contributed by atoms with E-state index in [9.17, 15) is 0 Å². The van der Waals surface area contributed by atoms with Gasteiger partial charge in [0.25, 0.3) is 0 Å². The molecule has 0 saturated heterocycles. The number of hydrogen-bond acceptors (Lipinski definition) is 3. The zero-order chi connectivity index (χ0) is 46.6. The van der Waals surface area contributed by atoms with Gasteiger partial charge in [-0.2, -0.15) is 0 Å². The Morgan fingerprint density at radius 3 is 1.31 bits per heavy atom. The van der Waals surface area contributed by atoms with Crippen molar-refractivity contribution in [1.82, 2.24) is 0 Å². The van der Waals surface area contributed by atoms with E-state index >= 15 is 0 Å². The van der Waals surface area contributed by atoms with Crippen LogP contribution in [0.25, 0.3) is 55.6 Å². The van der Waals surface area contributed by atoms with Crippen molar-refractivity contribution in [2.45, 2.75) is 0 Å². The standard InChI is InChI=1S/C66H48BN3/c1-7-19-47(20-8-1)51-31-36-55(37-32-51)68-63-41-40-59(69(56-27-15-5-16-28-56)57-29-17-6-18-30-57)46-60(63)61-43-54(50-25-13-4-14-26-50)45-65-66(61)67-62-44-53(49-23-11-3-12-24-49)35-42-64(62)70(65)58-38-33-52(34-39-58)48-21-9-2-10-22-48/h1-46,67-68H. The van der Waals surface area contributed by atoms with Crippen molar-refractivity contribution in [3.8, 4) is 55.6 Å². The summed E-state index contributed by atoms with van der Waals surface area (Å²) in [5.74, 6) is 0. The van der Waals surface area contributed by atoms with Gasteiger partial charge in [-0.15, -0.1) is 0 Å². The Hall–Kier alpha value is -9.12. The molecule has 1 aliphatic heterocycles. The van der Waals surface area contributed by atoms with Crippen LogP contribution in [0.1, 0.15) is 0 Å². The molecule has 11 aromatic carbocycles. The predicted molar refractivity (Wildman–Crippen MR) is 299 cm³/mol. The van der Waals surface area contributed by atoms with E-state index in [4.69, 9.17) is 0 Å². The van der Waals surface area contributed by atoms with E-state index in [1.54, 1.807) is 0 Å². The van der Waals surface area contributed by atoms with Gasteiger partial charge >= 0.3 is 0 Å². The average molecular weight is 894 g/mol. The first-order valence-corrected chi connectivity index (χ1v) is 24.0. The molecule has 0 unspecified atom stereocenters. The molecule has 0 aliphatic carbocycles. The lowest BCUT2D eigenvalue weighted by atomic mass is 9.57.